The summed E-state index contributed by atoms with van der Waals surface area (Å²) in [6.45, 7) is 3.70. The molecule has 0 aromatic heterocycles. The summed E-state index contributed by atoms with van der Waals surface area (Å²) in [5.41, 5.74) is 2.90. The van der Waals surface area contributed by atoms with Crippen molar-refractivity contribution in [1.82, 2.24) is 0 Å². The van der Waals surface area contributed by atoms with Gasteiger partial charge < -0.3 is 20.8 Å². The minimum Gasteiger partial charge on any atom is -0.506 e. The molecular weight excluding hydrogens is 356 g/mol. The number of anilines is 2. The van der Waals surface area contributed by atoms with Gasteiger partial charge in [0.15, 0.2) is 0 Å². The Morgan fingerprint density at radius 2 is 1.11 bits per heavy atom. The van der Waals surface area contributed by atoms with Gasteiger partial charge in [-0.25, -0.2) is 0 Å². The predicted molar refractivity (Wildman–Crippen MR) is 108 cm³/mol. The van der Waals surface area contributed by atoms with Gasteiger partial charge in [0, 0.05) is 11.1 Å². The lowest BCUT2D eigenvalue weighted by molar-refractivity contribution is 0.102. The van der Waals surface area contributed by atoms with Gasteiger partial charge >= 0.3 is 0 Å². The van der Waals surface area contributed by atoms with Crippen molar-refractivity contribution in [2.24, 2.45) is 0 Å². The van der Waals surface area contributed by atoms with Crippen LogP contribution in [0.25, 0.3) is 0 Å². The van der Waals surface area contributed by atoms with Crippen LogP contribution in [0.2, 0.25) is 0 Å². The van der Waals surface area contributed by atoms with Crippen molar-refractivity contribution in [2.75, 3.05) is 10.6 Å². The first-order valence-electron chi connectivity index (χ1n) is 8.65. The Morgan fingerprint density at radius 1 is 0.679 bits per heavy atom. The number of hydrogen-bond acceptors (Lipinski definition) is 4. The molecule has 0 fully saturated rings. The number of nitrogens with one attached hydrogen (secondary N) is 2. The molecule has 0 radical (unpaired) electrons. The molecule has 28 heavy (non-hydrogen) atoms. The quantitative estimate of drug-likeness (QED) is 0.512. The topological polar surface area (TPSA) is 98.7 Å². The van der Waals surface area contributed by atoms with E-state index in [1.807, 2.05) is 13.8 Å². The first-order chi connectivity index (χ1) is 13.3. The number of rotatable bonds is 4. The van der Waals surface area contributed by atoms with E-state index in [1.165, 1.54) is 18.2 Å². The monoisotopic (exact) mass is 376 g/mol. The maximum absolute atomic E-state index is 12.5. The Balaban J connectivity index is 1.79. The lowest BCUT2D eigenvalue weighted by Crippen LogP contribution is -2.15. The first kappa shape index (κ1) is 19.0. The number of amides is 2. The van der Waals surface area contributed by atoms with Crippen molar-refractivity contribution in [3.63, 3.8) is 0 Å². The van der Waals surface area contributed by atoms with E-state index in [2.05, 4.69) is 10.6 Å². The van der Waals surface area contributed by atoms with Crippen molar-refractivity contribution in [1.29, 1.82) is 0 Å². The smallest absolute Gasteiger partial charge is 0.255 e. The zero-order chi connectivity index (χ0) is 20.3. The summed E-state index contributed by atoms with van der Waals surface area (Å²) in [4.78, 5) is 25.0. The van der Waals surface area contributed by atoms with Crippen molar-refractivity contribution in [2.45, 2.75) is 13.8 Å². The summed E-state index contributed by atoms with van der Waals surface area (Å²) >= 11 is 0. The zero-order valence-corrected chi connectivity index (χ0v) is 15.5. The Kier molecular flexibility index (Phi) is 5.31. The highest BCUT2D eigenvalue weighted by molar-refractivity contribution is 6.09. The maximum atomic E-state index is 12.5. The Labute approximate surface area is 162 Å². The summed E-state index contributed by atoms with van der Waals surface area (Å²) in [6.07, 6.45) is 0. The van der Waals surface area contributed by atoms with Gasteiger partial charge in [-0.05, 0) is 67.4 Å². The van der Waals surface area contributed by atoms with Gasteiger partial charge in [0.05, 0.1) is 11.4 Å². The molecule has 0 aliphatic heterocycles. The van der Waals surface area contributed by atoms with Crippen LogP contribution < -0.4 is 10.6 Å². The number of aromatic hydroxyl groups is 2. The van der Waals surface area contributed by atoms with Crippen LogP contribution in [0.4, 0.5) is 11.4 Å². The number of phenols is 2. The van der Waals surface area contributed by atoms with Gasteiger partial charge in [0.1, 0.15) is 11.5 Å². The fourth-order valence-electron chi connectivity index (χ4n) is 2.69. The van der Waals surface area contributed by atoms with Crippen molar-refractivity contribution in [3.05, 3.63) is 82.9 Å². The Bertz CT molecular complexity index is 979. The van der Waals surface area contributed by atoms with Crippen LogP contribution in [0.1, 0.15) is 31.8 Å². The third-order valence-corrected chi connectivity index (χ3v) is 4.19. The molecule has 4 N–H and O–H groups in total. The number of hydrogen-bond donors (Lipinski definition) is 4. The van der Waals surface area contributed by atoms with E-state index >= 15 is 0 Å². The van der Waals surface area contributed by atoms with Gasteiger partial charge in [0.25, 0.3) is 11.8 Å². The number of benzene rings is 3. The Morgan fingerprint density at radius 3 is 1.54 bits per heavy atom. The molecule has 0 unspecified atom stereocenters. The largest absolute Gasteiger partial charge is 0.506 e. The zero-order valence-electron chi connectivity index (χ0n) is 15.5. The number of phenolic OH excluding ortho intramolecular Hbond substituents is 2. The standard InChI is InChI=1S/C22H20N2O4/c1-13-6-8-19(25)17(10-13)23-21(27)15-4-3-5-16(12-15)22(28)24-18-11-14(2)7-9-20(18)26/h3-12,25-26H,1-2H3,(H,23,27)(H,24,28). The lowest BCUT2D eigenvalue weighted by Gasteiger charge is -2.10. The van der Waals surface area contributed by atoms with Crippen LogP contribution in [-0.4, -0.2) is 22.0 Å². The maximum Gasteiger partial charge on any atom is 0.255 e. The van der Waals surface area contributed by atoms with Crippen LogP contribution in [0, 0.1) is 13.8 Å². The van der Waals surface area contributed by atoms with E-state index in [0.29, 0.717) is 11.4 Å². The summed E-state index contributed by atoms with van der Waals surface area (Å²) in [7, 11) is 0. The molecule has 0 atom stereocenters. The molecule has 3 aromatic carbocycles. The highest BCUT2D eigenvalue weighted by Crippen LogP contribution is 2.26. The molecule has 0 saturated heterocycles. The van der Waals surface area contributed by atoms with E-state index in [4.69, 9.17) is 0 Å². The van der Waals surface area contributed by atoms with Crippen LogP contribution in [0.5, 0.6) is 11.5 Å². The average Bonchev–Trinajstić information content (AvgIpc) is 2.67. The molecular formula is C22H20N2O4. The van der Waals surface area contributed by atoms with Gasteiger partial charge in [-0.2, -0.15) is 0 Å². The molecule has 6 nitrogen and oxygen atoms in total. The van der Waals surface area contributed by atoms with Crippen LogP contribution in [-0.2, 0) is 0 Å². The average molecular weight is 376 g/mol. The van der Waals surface area contributed by atoms with Gasteiger partial charge in [0.2, 0.25) is 0 Å². The highest BCUT2D eigenvalue weighted by Gasteiger charge is 2.14. The molecule has 6 heteroatoms. The normalized spacial score (nSPS) is 10.4. The minimum absolute atomic E-state index is 0.0391. The van der Waals surface area contributed by atoms with E-state index in [0.717, 1.165) is 11.1 Å². The second-order valence-electron chi connectivity index (χ2n) is 6.53. The van der Waals surface area contributed by atoms with E-state index in [-0.39, 0.29) is 22.6 Å². The third-order valence-electron chi connectivity index (χ3n) is 4.19. The lowest BCUT2D eigenvalue weighted by atomic mass is 10.1. The number of aryl methyl sites for hydroxylation is 2. The van der Waals surface area contributed by atoms with Crippen LogP contribution in [0.3, 0.4) is 0 Å². The minimum atomic E-state index is -0.450. The Hall–Kier alpha value is -3.80. The SMILES string of the molecule is Cc1ccc(O)c(NC(=O)c2cccc(C(=O)Nc3cc(C)ccc3O)c2)c1. The fourth-order valence-corrected chi connectivity index (χ4v) is 2.69. The molecule has 0 aliphatic rings. The second kappa shape index (κ2) is 7.84. The summed E-state index contributed by atoms with van der Waals surface area (Å²) in [5, 5.41) is 25.0. The van der Waals surface area contributed by atoms with Crippen molar-refractivity contribution >= 4 is 23.2 Å². The van der Waals surface area contributed by atoms with E-state index in [1.54, 1.807) is 42.5 Å². The molecule has 0 saturated carbocycles. The molecule has 142 valence electrons. The second-order valence-corrected chi connectivity index (χ2v) is 6.53. The molecule has 0 heterocycles. The number of carbonyl (C=O) groups is 2. The summed E-state index contributed by atoms with van der Waals surface area (Å²) in [5.74, 6) is -0.978. The molecule has 2 amide bonds. The van der Waals surface area contributed by atoms with E-state index < -0.39 is 11.8 Å². The summed E-state index contributed by atoms with van der Waals surface area (Å²) < 4.78 is 0. The third kappa shape index (κ3) is 4.29. The van der Waals surface area contributed by atoms with Crippen LogP contribution in [0.15, 0.2) is 60.7 Å². The predicted octanol–water partition coefficient (Wildman–Crippen LogP) is 4.22. The molecule has 3 aromatic rings. The fraction of sp³-hybridized carbons (Fsp3) is 0.0909. The molecule has 3 rings (SSSR count). The molecule has 0 aliphatic carbocycles. The number of carbonyl (C=O) groups excluding carboxylic acids is 2. The van der Waals surface area contributed by atoms with Gasteiger partial charge in [-0.1, -0.05) is 18.2 Å². The van der Waals surface area contributed by atoms with Gasteiger partial charge in [-0.3, -0.25) is 9.59 Å². The van der Waals surface area contributed by atoms with Gasteiger partial charge in [-0.15, -0.1) is 0 Å². The first-order valence-corrected chi connectivity index (χ1v) is 8.65. The molecule has 0 spiro atoms. The van der Waals surface area contributed by atoms with E-state index in [9.17, 15) is 19.8 Å². The van der Waals surface area contributed by atoms with Crippen molar-refractivity contribution in [3.8, 4) is 11.5 Å². The van der Waals surface area contributed by atoms with Crippen LogP contribution >= 0.6 is 0 Å². The summed E-state index contributed by atoms with van der Waals surface area (Å²) in [6, 6.07) is 16.0. The molecule has 0 bridgehead atoms. The highest BCUT2D eigenvalue weighted by atomic mass is 16.3. The van der Waals surface area contributed by atoms with Crippen molar-refractivity contribution < 1.29 is 19.8 Å².